The van der Waals surface area contributed by atoms with Gasteiger partial charge in [-0.15, -0.1) is 0 Å². The van der Waals surface area contributed by atoms with Crippen molar-refractivity contribution >= 4 is 39.4 Å². The minimum Gasteiger partial charge on any atom is -1.00 e. The van der Waals surface area contributed by atoms with Crippen LogP contribution in [0, 0.1) is 0 Å². The second-order valence-electron chi connectivity index (χ2n) is 0.967. The third-order valence-corrected chi connectivity index (χ3v) is 0. The third-order valence-electron chi connectivity index (χ3n) is 0. The number of hydrogen-bond acceptors (Lipinski definition) is 3. The standard InChI is InChI=1S/C2H4O2.Mg.H2O4S.2H/c1-2(3)4;;1-5(2,3)4;;/h1H3,(H,3,4);;(H2,1,2,3,4);;/q;+2;;2*-1. The summed E-state index contributed by atoms with van der Waals surface area (Å²) in [5.41, 5.74) is 0. The van der Waals surface area contributed by atoms with E-state index < -0.39 is 16.4 Å². The van der Waals surface area contributed by atoms with Gasteiger partial charge in [0, 0.05) is 6.92 Å². The molecule has 0 bridgehead atoms. The molecule has 0 aromatic carbocycles. The molecular weight excluding hydrogens is 176 g/mol. The average molecular weight is 184 g/mol. The largest absolute Gasteiger partial charge is 2.00 e. The van der Waals surface area contributed by atoms with E-state index in [9.17, 15) is 0 Å². The van der Waals surface area contributed by atoms with Gasteiger partial charge in [-0.25, -0.2) is 0 Å². The van der Waals surface area contributed by atoms with Crippen molar-refractivity contribution in [2.75, 3.05) is 0 Å². The van der Waals surface area contributed by atoms with Crippen LogP contribution < -0.4 is 0 Å². The molecule has 0 saturated carbocycles. The summed E-state index contributed by atoms with van der Waals surface area (Å²) in [6.07, 6.45) is 0. The summed E-state index contributed by atoms with van der Waals surface area (Å²) in [5, 5.41) is 7.42. The first-order chi connectivity index (χ1) is 3.73. The van der Waals surface area contributed by atoms with Crippen molar-refractivity contribution in [3.63, 3.8) is 0 Å². The van der Waals surface area contributed by atoms with Crippen molar-refractivity contribution in [1.82, 2.24) is 0 Å². The normalized spacial score (nSPS) is 8.30. The van der Waals surface area contributed by atoms with E-state index >= 15 is 0 Å². The van der Waals surface area contributed by atoms with Gasteiger partial charge in [-0.3, -0.25) is 13.9 Å². The van der Waals surface area contributed by atoms with Gasteiger partial charge in [0.05, 0.1) is 0 Å². The number of hydrogen-bond donors (Lipinski definition) is 3. The second kappa shape index (κ2) is 7.22. The van der Waals surface area contributed by atoms with E-state index in [0.717, 1.165) is 6.92 Å². The molecule has 0 aromatic rings. The molecule has 0 aliphatic heterocycles. The van der Waals surface area contributed by atoms with Crippen LogP contribution in [0.15, 0.2) is 0 Å². The number of carboxylic acid groups (broad SMARTS) is 1. The van der Waals surface area contributed by atoms with Crippen LogP contribution in [0.3, 0.4) is 0 Å². The van der Waals surface area contributed by atoms with Crippen molar-refractivity contribution in [2.24, 2.45) is 0 Å². The van der Waals surface area contributed by atoms with E-state index in [2.05, 4.69) is 0 Å². The van der Waals surface area contributed by atoms with Gasteiger partial charge in [-0.1, -0.05) is 0 Å². The smallest absolute Gasteiger partial charge is 1.00 e. The molecule has 0 heterocycles. The van der Waals surface area contributed by atoms with Gasteiger partial charge in [-0.05, 0) is 0 Å². The monoisotopic (exact) mass is 184 g/mol. The zero-order valence-electron chi connectivity index (χ0n) is 7.18. The van der Waals surface area contributed by atoms with E-state index in [0.29, 0.717) is 0 Å². The summed E-state index contributed by atoms with van der Waals surface area (Å²) >= 11 is 0. The minimum absolute atomic E-state index is 0. The number of aliphatic carboxylic acids is 1. The Kier molecular flexibility index (Phi) is 12.0. The van der Waals surface area contributed by atoms with Crippen molar-refractivity contribution < 1.29 is 30.3 Å². The Balaban J connectivity index is -0.0000000221. The molecule has 0 fully saturated rings. The van der Waals surface area contributed by atoms with Crippen LogP contribution in [0.1, 0.15) is 9.78 Å². The van der Waals surface area contributed by atoms with Crippen LogP contribution in [0.5, 0.6) is 0 Å². The van der Waals surface area contributed by atoms with E-state index in [1.165, 1.54) is 0 Å². The third kappa shape index (κ3) is 36300. The molecule has 0 unspecified atom stereocenters. The topological polar surface area (TPSA) is 112 Å². The van der Waals surface area contributed by atoms with Crippen molar-refractivity contribution in [1.29, 1.82) is 0 Å². The Hall–Kier alpha value is 0.106. The van der Waals surface area contributed by atoms with Gasteiger partial charge in [-0.2, -0.15) is 8.42 Å². The maximum atomic E-state index is 9.00. The molecule has 8 heteroatoms. The molecule has 0 atom stereocenters. The molecule has 0 amide bonds. The first-order valence-corrected chi connectivity index (χ1v) is 3.02. The number of rotatable bonds is 0. The predicted molar refractivity (Wildman–Crippen MR) is 35.5 cm³/mol. The molecular formula is C2H8MgO6S. The maximum Gasteiger partial charge on any atom is 2.00 e. The molecule has 10 heavy (non-hydrogen) atoms. The first-order valence-electron chi connectivity index (χ1n) is 1.63. The molecule has 0 spiro atoms. The fraction of sp³-hybridized carbons (Fsp3) is 0.500. The molecule has 0 aliphatic carbocycles. The molecule has 60 valence electrons. The molecule has 6 nitrogen and oxygen atoms in total. The van der Waals surface area contributed by atoms with E-state index in [1.807, 2.05) is 0 Å². The molecule has 0 rings (SSSR count). The van der Waals surface area contributed by atoms with E-state index in [4.69, 9.17) is 27.4 Å². The summed E-state index contributed by atoms with van der Waals surface area (Å²) in [6, 6.07) is 0. The van der Waals surface area contributed by atoms with E-state index in [-0.39, 0.29) is 25.9 Å². The van der Waals surface area contributed by atoms with Crippen LogP contribution in [0.25, 0.3) is 0 Å². The van der Waals surface area contributed by atoms with E-state index in [1.54, 1.807) is 0 Å². The Morgan fingerprint density at radius 1 is 1.40 bits per heavy atom. The van der Waals surface area contributed by atoms with Gasteiger partial charge in [0.15, 0.2) is 0 Å². The van der Waals surface area contributed by atoms with Gasteiger partial charge in [0.25, 0.3) is 5.97 Å². The summed E-state index contributed by atoms with van der Waals surface area (Å²) in [4.78, 5) is 9.00. The Bertz CT molecular complexity index is 166. The van der Waals surface area contributed by atoms with Crippen molar-refractivity contribution in [3.8, 4) is 0 Å². The van der Waals surface area contributed by atoms with Gasteiger partial charge in [0.2, 0.25) is 0 Å². The average Bonchev–Trinajstić information content (AvgIpc) is 1.19. The minimum atomic E-state index is -4.67. The van der Waals surface area contributed by atoms with Crippen molar-refractivity contribution in [2.45, 2.75) is 6.92 Å². The Morgan fingerprint density at radius 2 is 1.40 bits per heavy atom. The van der Waals surface area contributed by atoms with Gasteiger partial charge >= 0.3 is 33.5 Å². The zero-order valence-corrected chi connectivity index (χ0v) is 7.41. The maximum absolute atomic E-state index is 9.00. The second-order valence-corrected chi connectivity index (χ2v) is 1.86. The SMILES string of the molecule is CC(=O)O.O=S(=O)(O)O.[H-].[H-].[Mg+2]. The Morgan fingerprint density at radius 3 is 1.40 bits per heavy atom. The first kappa shape index (κ1) is 16.6. The summed E-state index contributed by atoms with van der Waals surface area (Å²) < 4.78 is 31.6. The molecule has 0 radical (unpaired) electrons. The molecule has 0 aliphatic rings. The predicted octanol–water partition coefficient (Wildman–Crippen LogP) is -0.718. The van der Waals surface area contributed by atoms with Crippen LogP contribution >= 0.6 is 0 Å². The number of carboxylic acids is 1. The van der Waals surface area contributed by atoms with Gasteiger partial charge < -0.3 is 7.96 Å². The molecule has 3 N–H and O–H groups in total. The quantitative estimate of drug-likeness (QED) is 0.338. The summed E-state index contributed by atoms with van der Waals surface area (Å²) in [6.45, 7) is 1.08. The fourth-order valence-corrected chi connectivity index (χ4v) is 0. The molecule has 0 saturated heterocycles. The Labute approximate surface area is 76.9 Å². The molecule has 0 aromatic heterocycles. The number of carbonyl (C=O) groups is 1. The fourth-order valence-electron chi connectivity index (χ4n) is 0. The van der Waals surface area contributed by atoms with Crippen LogP contribution in [-0.4, -0.2) is 51.7 Å². The zero-order chi connectivity index (χ0) is 8.08. The summed E-state index contributed by atoms with van der Waals surface area (Å²) in [5.74, 6) is -0.833. The van der Waals surface area contributed by atoms with Crippen LogP contribution in [-0.2, 0) is 15.2 Å². The van der Waals surface area contributed by atoms with Crippen LogP contribution in [0.2, 0.25) is 0 Å². The van der Waals surface area contributed by atoms with Crippen molar-refractivity contribution in [3.05, 3.63) is 0 Å². The summed E-state index contributed by atoms with van der Waals surface area (Å²) in [7, 11) is -4.67. The van der Waals surface area contributed by atoms with Gasteiger partial charge in [0.1, 0.15) is 0 Å². The van der Waals surface area contributed by atoms with Crippen LogP contribution in [0.4, 0.5) is 0 Å².